The minimum Gasteiger partial charge on any atom is -0.350 e. The van der Waals surface area contributed by atoms with Gasteiger partial charge in [0.2, 0.25) is 5.91 Å². The molecule has 3 aromatic rings. The van der Waals surface area contributed by atoms with Gasteiger partial charge in [-0.05, 0) is 56.0 Å². The summed E-state index contributed by atoms with van der Waals surface area (Å²) in [6, 6.07) is 12.1. The number of benzene rings is 1. The summed E-state index contributed by atoms with van der Waals surface area (Å²) in [5.41, 5.74) is 2.43. The maximum absolute atomic E-state index is 13.2. The molecule has 1 amide bonds. The van der Waals surface area contributed by atoms with Gasteiger partial charge in [-0.1, -0.05) is 12.1 Å². The minimum absolute atomic E-state index is 0.0259. The first-order chi connectivity index (χ1) is 14.6. The zero-order valence-electron chi connectivity index (χ0n) is 16.6. The van der Waals surface area contributed by atoms with Gasteiger partial charge in [0.05, 0.1) is 18.3 Å². The predicted octanol–water partition coefficient (Wildman–Crippen LogP) is 3.98. The van der Waals surface area contributed by atoms with Crippen LogP contribution in [0.15, 0.2) is 55.0 Å². The Balaban J connectivity index is 1.35. The van der Waals surface area contributed by atoms with Crippen molar-refractivity contribution in [3.05, 3.63) is 66.4 Å². The number of hydrogen-bond donors (Lipinski definition) is 1. The molecule has 2 fully saturated rings. The van der Waals surface area contributed by atoms with E-state index in [9.17, 15) is 9.18 Å². The largest absolute Gasteiger partial charge is 0.350 e. The second-order valence-corrected chi connectivity index (χ2v) is 7.98. The van der Waals surface area contributed by atoms with Crippen LogP contribution >= 0.6 is 0 Å². The summed E-state index contributed by atoms with van der Waals surface area (Å²) in [5.74, 6) is 0.864. The summed E-state index contributed by atoms with van der Waals surface area (Å²) in [6.45, 7) is 1.94. The molecule has 1 N–H and O–H groups in total. The number of fused-ring (bicyclic) bond motifs is 2. The molecular formula is C23H22FN5O. The van der Waals surface area contributed by atoms with Crippen molar-refractivity contribution >= 4 is 17.4 Å². The molecule has 0 radical (unpaired) electrons. The van der Waals surface area contributed by atoms with Gasteiger partial charge in [-0.15, -0.1) is 0 Å². The predicted molar refractivity (Wildman–Crippen MR) is 112 cm³/mol. The lowest BCUT2D eigenvalue weighted by Crippen LogP contribution is -2.35. The molecule has 0 aliphatic carbocycles. The van der Waals surface area contributed by atoms with E-state index in [1.54, 1.807) is 6.20 Å². The van der Waals surface area contributed by atoms with Gasteiger partial charge in [-0.25, -0.2) is 19.3 Å². The first-order valence-corrected chi connectivity index (χ1v) is 10.2. The number of rotatable bonds is 4. The third-order valence-corrected chi connectivity index (χ3v) is 6.15. The van der Waals surface area contributed by atoms with Gasteiger partial charge in [0.15, 0.2) is 11.6 Å². The van der Waals surface area contributed by atoms with Crippen LogP contribution in [0.1, 0.15) is 24.8 Å². The van der Waals surface area contributed by atoms with E-state index >= 15 is 0 Å². The average Bonchev–Trinajstić information content (AvgIpc) is 3.35. The highest BCUT2D eigenvalue weighted by molar-refractivity contribution is 5.94. The standard InChI is InChI=1S/C23H22FN5O/c1-14-5-6-16(10-18(14)22-26-12-15(24)13-27-22)28-23(30)19-11-17-7-8-20(19)29(17)21-4-2-3-9-25-21/h2-6,9-10,12-13,17,19-20H,7-8,11H2,1H3,(H,28,30)/t17-,19-,20+/m0/s1. The zero-order valence-corrected chi connectivity index (χ0v) is 16.6. The molecule has 4 heterocycles. The fourth-order valence-electron chi connectivity index (χ4n) is 4.76. The Hall–Kier alpha value is -3.35. The maximum atomic E-state index is 13.2. The molecule has 2 aromatic heterocycles. The van der Waals surface area contributed by atoms with Crippen LogP contribution in [0.3, 0.4) is 0 Å². The molecule has 0 unspecified atom stereocenters. The molecule has 6 nitrogen and oxygen atoms in total. The number of nitrogens with one attached hydrogen (secondary N) is 1. The Morgan fingerprint density at radius 3 is 2.73 bits per heavy atom. The van der Waals surface area contributed by atoms with Crippen LogP contribution in [0.25, 0.3) is 11.4 Å². The van der Waals surface area contributed by atoms with E-state index in [-0.39, 0.29) is 17.9 Å². The van der Waals surface area contributed by atoms with Gasteiger partial charge in [-0.3, -0.25) is 4.79 Å². The number of anilines is 2. The molecule has 0 spiro atoms. The van der Waals surface area contributed by atoms with E-state index in [0.29, 0.717) is 17.6 Å². The Morgan fingerprint density at radius 1 is 1.13 bits per heavy atom. The summed E-state index contributed by atoms with van der Waals surface area (Å²) in [7, 11) is 0. The number of pyridine rings is 1. The van der Waals surface area contributed by atoms with Crippen LogP contribution in [0.2, 0.25) is 0 Å². The van der Waals surface area contributed by atoms with Gasteiger partial charge >= 0.3 is 0 Å². The Labute approximate surface area is 174 Å². The van der Waals surface area contributed by atoms with Crippen LogP contribution in [-0.2, 0) is 4.79 Å². The van der Waals surface area contributed by atoms with Crippen LogP contribution < -0.4 is 10.2 Å². The Morgan fingerprint density at radius 2 is 1.97 bits per heavy atom. The SMILES string of the molecule is Cc1ccc(NC(=O)[C@H]2C[C@@H]3CC[C@H]2N3c2ccccn2)cc1-c1ncc(F)cn1. The van der Waals surface area contributed by atoms with E-state index in [1.807, 2.05) is 43.3 Å². The third-order valence-electron chi connectivity index (χ3n) is 6.15. The molecule has 152 valence electrons. The molecule has 2 bridgehead atoms. The number of halogens is 1. The second kappa shape index (κ2) is 7.48. The van der Waals surface area contributed by atoms with Crippen LogP contribution in [0, 0.1) is 18.7 Å². The number of carbonyl (C=O) groups excluding carboxylic acids is 1. The smallest absolute Gasteiger partial charge is 0.229 e. The van der Waals surface area contributed by atoms with Crippen molar-refractivity contribution in [3.8, 4) is 11.4 Å². The monoisotopic (exact) mass is 403 g/mol. The molecular weight excluding hydrogens is 381 g/mol. The van der Waals surface area contributed by atoms with E-state index in [4.69, 9.17) is 0 Å². The van der Waals surface area contributed by atoms with Crippen molar-refractivity contribution in [2.75, 3.05) is 10.2 Å². The molecule has 2 saturated heterocycles. The van der Waals surface area contributed by atoms with Crippen molar-refractivity contribution in [3.63, 3.8) is 0 Å². The van der Waals surface area contributed by atoms with Gasteiger partial charge in [-0.2, -0.15) is 0 Å². The molecule has 1 aromatic carbocycles. The molecule has 0 saturated carbocycles. The van der Waals surface area contributed by atoms with Crippen molar-refractivity contribution < 1.29 is 9.18 Å². The van der Waals surface area contributed by atoms with E-state index in [0.717, 1.165) is 48.6 Å². The highest BCUT2D eigenvalue weighted by Gasteiger charge is 2.49. The highest BCUT2D eigenvalue weighted by Crippen LogP contribution is 2.44. The minimum atomic E-state index is -0.477. The lowest BCUT2D eigenvalue weighted by atomic mass is 9.88. The molecule has 30 heavy (non-hydrogen) atoms. The molecule has 2 aliphatic rings. The normalized spacial score (nSPS) is 22.3. The van der Waals surface area contributed by atoms with Crippen molar-refractivity contribution in [1.29, 1.82) is 0 Å². The maximum Gasteiger partial charge on any atom is 0.229 e. The van der Waals surface area contributed by atoms with Gasteiger partial charge in [0.1, 0.15) is 5.82 Å². The summed E-state index contributed by atoms with van der Waals surface area (Å²) < 4.78 is 13.2. The van der Waals surface area contributed by atoms with E-state index in [1.165, 1.54) is 0 Å². The number of aryl methyl sites for hydroxylation is 1. The van der Waals surface area contributed by atoms with Gasteiger partial charge < -0.3 is 10.2 Å². The summed E-state index contributed by atoms with van der Waals surface area (Å²) in [6.07, 6.45) is 7.03. The number of carbonyl (C=O) groups is 1. The first kappa shape index (κ1) is 18.7. The molecule has 3 atom stereocenters. The molecule has 5 rings (SSSR count). The summed E-state index contributed by atoms with van der Waals surface area (Å²) in [5, 5.41) is 3.07. The first-order valence-electron chi connectivity index (χ1n) is 10.2. The van der Waals surface area contributed by atoms with Crippen molar-refractivity contribution in [2.45, 2.75) is 38.3 Å². The lowest BCUT2D eigenvalue weighted by Gasteiger charge is -2.25. The summed E-state index contributed by atoms with van der Waals surface area (Å²) >= 11 is 0. The zero-order chi connectivity index (χ0) is 20.7. The number of hydrogen-bond acceptors (Lipinski definition) is 5. The van der Waals surface area contributed by atoms with E-state index in [2.05, 4.69) is 25.2 Å². The number of nitrogens with zero attached hydrogens (tertiary/aromatic N) is 4. The van der Waals surface area contributed by atoms with Gasteiger partial charge in [0.25, 0.3) is 0 Å². The fraction of sp³-hybridized carbons (Fsp3) is 0.304. The van der Waals surface area contributed by atoms with Crippen LogP contribution in [0.4, 0.5) is 15.9 Å². The lowest BCUT2D eigenvalue weighted by molar-refractivity contribution is -0.120. The molecule has 2 aliphatic heterocycles. The van der Waals surface area contributed by atoms with E-state index < -0.39 is 5.82 Å². The topological polar surface area (TPSA) is 71.0 Å². The highest BCUT2D eigenvalue weighted by atomic mass is 19.1. The average molecular weight is 403 g/mol. The molecule has 7 heteroatoms. The Bertz CT molecular complexity index is 1070. The second-order valence-electron chi connectivity index (χ2n) is 7.98. The quantitative estimate of drug-likeness (QED) is 0.713. The Kier molecular flexibility index (Phi) is 4.65. The van der Waals surface area contributed by atoms with Crippen molar-refractivity contribution in [2.24, 2.45) is 5.92 Å². The fourth-order valence-corrected chi connectivity index (χ4v) is 4.76. The van der Waals surface area contributed by atoms with Crippen LogP contribution in [-0.4, -0.2) is 32.9 Å². The van der Waals surface area contributed by atoms with Crippen molar-refractivity contribution in [1.82, 2.24) is 15.0 Å². The van der Waals surface area contributed by atoms with Gasteiger partial charge in [0, 0.05) is 29.5 Å². The third kappa shape index (κ3) is 3.30. The number of amides is 1. The summed E-state index contributed by atoms with van der Waals surface area (Å²) in [4.78, 5) is 28.1. The number of aromatic nitrogens is 3. The van der Waals surface area contributed by atoms with Crippen LogP contribution in [0.5, 0.6) is 0 Å².